The quantitative estimate of drug-likeness (QED) is 0.731. The zero-order valence-corrected chi connectivity index (χ0v) is 15.3. The molecule has 1 aromatic heterocycles. The van der Waals surface area contributed by atoms with E-state index in [9.17, 15) is 4.79 Å². The summed E-state index contributed by atoms with van der Waals surface area (Å²) in [5.41, 5.74) is 2.90. The number of halogens is 1. The number of benzene rings is 2. The van der Waals surface area contributed by atoms with Crippen molar-refractivity contribution in [3.63, 3.8) is 0 Å². The molecule has 0 fully saturated rings. The van der Waals surface area contributed by atoms with Crippen LogP contribution in [0.1, 0.15) is 13.8 Å². The fourth-order valence-electron chi connectivity index (χ4n) is 2.94. The highest BCUT2D eigenvalue weighted by molar-refractivity contribution is 6.30. The van der Waals surface area contributed by atoms with Gasteiger partial charge in [0.05, 0.1) is 7.11 Å². The summed E-state index contributed by atoms with van der Waals surface area (Å²) in [5, 5.41) is 4.63. The molecule has 5 heteroatoms. The first-order chi connectivity index (χ1) is 12.0. The third-order valence-corrected chi connectivity index (χ3v) is 4.22. The molecule has 4 nitrogen and oxygen atoms in total. The molecule has 0 saturated heterocycles. The first kappa shape index (κ1) is 17.4. The van der Waals surface area contributed by atoms with Crippen molar-refractivity contribution in [1.29, 1.82) is 0 Å². The second-order valence-corrected chi connectivity index (χ2v) is 6.71. The number of ether oxygens (including phenoxy) is 1. The van der Waals surface area contributed by atoms with Crippen LogP contribution in [0.4, 0.5) is 0 Å². The van der Waals surface area contributed by atoms with Crippen LogP contribution in [-0.4, -0.2) is 23.6 Å². The molecule has 1 amide bonds. The van der Waals surface area contributed by atoms with Crippen LogP contribution in [0.15, 0.2) is 48.5 Å². The third-order valence-electron chi connectivity index (χ3n) is 3.98. The molecule has 1 heterocycles. The highest BCUT2D eigenvalue weighted by Crippen LogP contribution is 2.31. The molecular formula is C20H21ClN2O2. The van der Waals surface area contributed by atoms with Crippen LogP contribution in [0.25, 0.3) is 22.2 Å². The molecule has 0 saturated carbocycles. The Labute approximate surface area is 152 Å². The van der Waals surface area contributed by atoms with Crippen molar-refractivity contribution in [2.75, 3.05) is 7.11 Å². The number of nitrogens with zero attached hydrogens (tertiary/aromatic N) is 1. The van der Waals surface area contributed by atoms with E-state index in [0.29, 0.717) is 5.02 Å². The summed E-state index contributed by atoms with van der Waals surface area (Å²) < 4.78 is 7.33. The lowest BCUT2D eigenvalue weighted by atomic mass is 10.1. The summed E-state index contributed by atoms with van der Waals surface area (Å²) >= 11 is 6.16. The van der Waals surface area contributed by atoms with Crippen LogP contribution >= 0.6 is 11.6 Å². The summed E-state index contributed by atoms with van der Waals surface area (Å²) in [6.07, 6.45) is 0. The minimum absolute atomic E-state index is 0.0217. The molecule has 0 radical (unpaired) electrons. The molecule has 0 aliphatic heterocycles. The second-order valence-electron chi connectivity index (χ2n) is 6.27. The van der Waals surface area contributed by atoms with Gasteiger partial charge in [0.15, 0.2) is 0 Å². The molecule has 130 valence electrons. The molecule has 3 rings (SSSR count). The van der Waals surface area contributed by atoms with Gasteiger partial charge in [-0.3, -0.25) is 4.79 Å². The number of carbonyl (C=O) groups excluding carboxylic acids is 1. The fraction of sp³-hybridized carbons (Fsp3) is 0.250. The molecule has 0 aliphatic rings. The van der Waals surface area contributed by atoms with Gasteiger partial charge in [0, 0.05) is 27.7 Å². The summed E-state index contributed by atoms with van der Waals surface area (Å²) in [6.45, 7) is 4.15. The van der Waals surface area contributed by atoms with Crippen molar-refractivity contribution in [2.24, 2.45) is 0 Å². The minimum atomic E-state index is -0.0217. The molecule has 0 unspecified atom stereocenters. The fourth-order valence-corrected chi connectivity index (χ4v) is 3.13. The highest BCUT2D eigenvalue weighted by Gasteiger charge is 2.15. The number of hydrogen-bond donors (Lipinski definition) is 1. The maximum absolute atomic E-state index is 12.4. The van der Waals surface area contributed by atoms with Gasteiger partial charge in [-0.15, -0.1) is 0 Å². The van der Waals surface area contributed by atoms with Gasteiger partial charge >= 0.3 is 0 Å². The summed E-state index contributed by atoms with van der Waals surface area (Å²) in [7, 11) is 1.64. The predicted molar refractivity (Wildman–Crippen MR) is 102 cm³/mol. The van der Waals surface area contributed by atoms with E-state index in [2.05, 4.69) is 11.4 Å². The Bertz CT molecular complexity index is 915. The van der Waals surface area contributed by atoms with Gasteiger partial charge in [-0.2, -0.15) is 0 Å². The SMILES string of the molecule is COc1ccc2c(c1)cc(-c1cccc(Cl)c1)n2CC(=O)NC(C)C. The minimum Gasteiger partial charge on any atom is -0.497 e. The standard InChI is InChI=1S/C20H21ClN2O2/c1-13(2)22-20(24)12-23-18-8-7-17(25-3)10-15(18)11-19(23)14-5-4-6-16(21)9-14/h4-11,13H,12H2,1-3H3,(H,22,24). The van der Waals surface area contributed by atoms with Crippen molar-refractivity contribution >= 4 is 28.4 Å². The van der Waals surface area contributed by atoms with Gasteiger partial charge in [0.25, 0.3) is 0 Å². The van der Waals surface area contributed by atoms with E-state index in [1.807, 2.05) is 60.9 Å². The maximum Gasteiger partial charge on any atom is 0.240 e. The lowest BCUT2D eigenvalue weighted by Gasteiger charge is -2.13. The number of rotatable bonds is 5. The average molecular weight is 357 g/mol. The van der Waals surface area contributed by atoms with Gasteiger partial charge in [-0.1, -0.05) is 23.7 Å². The highest BCUT2D eigenvalue weighted by atomic mass is 35.5. The zero-order valence-electron chi connectivity index (χ0n) is 14.5. The van der Waals surface area contributed by atoms with Gasteiger partial charge in [0.1, 0.15) is 12.3 Å². The third kappa shape index (κ3) is 3.80. The summed E-state index contributed by atoms with van der Waals surface area (Å²) in [6, 6.07) is 15.7. The van der Waals surface area contributed by atoms with E-state index < -0.39 is 0 Å². The van der Waals surface area contributed by atoms with E-state index in [0.717, 1.165) is 27.9 Å². The van der Waals surface area contributed by atoms with Crippen molar-refractivity contribution in [3.05, 3.63) is 53.6 Å². The molecule has 2 aromatic carbocycles. The Morgan fingerprint density at radius 1 is 1.20 bits per heavy atom. The lowest BCUT2D eigenvalue weighted by Crippen LogP contribution is -2.33. The van der Waals surface area contributed by atoms with Crippen LogP contribution in [0, 0.1) is 0 Å². The van der Waals surface area contributed by atoms with Crippen molar-refractivity contribution in [2.45, 2.75) is 26.4 Å². The van der Waals surface area contributed by atoms with Gasteiger partial charge in [0.2, 0.25) is 5.91 Å². The average Bonchev–Trinajstić information content (AvgIpc) is 2.91. The van der Waals surface area contributed by atoms with Gasteiger partial charge in [-0.05, 0) is 55.8 Å². The van der Waals surface area contributed by atoms with Crippen LogP contribution in [0.2, 0.25) is 5.02 Å². The normalized spacial score (nSPS) is 11.1. The smallest absolute Gasteiger partial charge is 0.240 e. The van der Waals surface area contributed by atoms with E-state index in [-0.39, 0.29) is 18.5 Å². The van der Waals surface area contributed by atoms with E-state index in [4.69, 9.17) is 16.3 Å². The molecule has 0 bridgehead atoms. The first-order valence-corrected chi connectivity index (χ1v) is 8.58. The number of amides is 1. The Hall–Kier alpha value is -2.46. The van der Waals surface area contributed by atoms with Crippen LogP contribution < -0.4 is 10.1 Å². The number of aromatic nitrogens is 1. The molecule has 0 spiro atoms. The first-order valence-electron chi connectivity index (χ1n) is 8.20. The molecular weight excluding hydrogens is 336 g/mol. The Morgan fingerprint density at radius 2 is 2.00 bits per heavy atom. The summed E-state index contributed by atoms with van der Waals surface area (Å²) in [4.78, 5) is 12.4. The second kappa shape index (κ2) is 7.19. The topological polar surface area (TPSA) is 43.3 Å². The Balaban J connectivity index is 2.13. The van der Waals surface area contributed by atoms with Gasteiger partial charge < -0.3 is 14.6 Å². The number of methoxy groups -OCH3 is 1. The molecule has 0 aliphatic carbocycles. The van der Waals surface area contributed by atoms with Crippen molar-refractivity contribution in [1.82, 2.24) is 9.88 Å². The van der Waals surface area contributed by atoms with Crippen LogP contribution in [0.5, 0.6) is 5.75 Å². The van der Waals surface area contributed by atoms with E-state index >= 15 is 0 Å². The van der Waals surface area contributed by atoms with E-state index in [1.165, 1.54) is 0 Å². The maximum atomic E-state index is 12.4. The van der Waals surface area contributed by atoms with Crippen LogP contribution in [-0.2, 0) is 11.3 Å². The number of hydrogen-bond acceptors (Lipinski definition) is 2. The Kier molecular flexibility index (Phi) is 5.00. The van der Waals surface area contributed by atoms with Crippen LogP contribution in [0.3, 0.4) is 0 Å². The Morgan fingerprint density at radius 3 is 2.68 bits per heavy atom. The number of fused-ring (bicyclic) bond motifs is 1. The lowest BCUT2D eigenvalue weighted by molar-refractivity contribution is -0.122. The number of carbonyl (C=O) groups is 1. The molecule has 25 heavy (non-hydrogen) atoms. The largest absolute Gasteiger partial charge is 0.497 e. The van der Waals surface area contributed by atoms with Crippen molar-refractivity contribution in [3.8, 4) is 17.0 Å². The summed E-state index contributed by atoms with van der Waals surface area (Å²) in [5.74, 6) is 0.764. The molecule has 0 atom stereocenters. The monoisotopic (exact) mass is 356 g/mol. The number of nitrogens with one attached hydrogen (secondary N) is 1. The zero-order chi connectivity index (χ0) is 18.0. The van der Waals surface area contributed by atoms with Crippen molar-refractivity contribution < 1.29 is 9.53 Å². The van der Waals surface area contributed by atoms with Gasteiger partial charge in [-0.25, -0.2) is 0 Å². The molecule has 3 aromatic rings. The molecule has 1 N–H and O–H groups in total. The van der Waals surface area contributed by atoms with E-state index in [1.54, 1.807) is 7.11 Å². The predicted octanol–water partition coefficient (Wildman–Crippen LogP) is 4.49.